The van der Waals surface area contributed by atoms with Crippen LogP contribution < -0.4 is 10.6 Å². The molecule has 1 atom stereocenters. The lowest BCUT2D eigenvalue weighted by Crippen LogP contribution is -2.46. The first-order chi connectivity index (χ1) is 18.0. The van der Waals surface area contributed by atoms with Gasteiger partial charge in [0.1, 0.15) is 0 Å². The van der Waals surface area contributed by atoms with Crippen LogP contribution in [0.3, 0.4) is 0 Å². The first kappa shape index (κ1) is 25.8. The molecule has 9 heteroatoms. The lowest BCUT2D eigenvalue weighted by atomic mass is 10.0. The number of nitrogens with one attached hydrogen (secondary N) is 2. The third-order valence-corrected chi connectivity index (χ3v) is 6.46. The van der Waals surface area contributed by atoms with Gasteiger partial charge in [-0.1, -0.05) is 24.3 Å². The van der Waals surface area contributed by atoms with Gasteiger partial charge in [-0.25, -0.2) is 4.79 Å². The fraction of sp³-hybridized carbons (Fsp3) is 0.286. The second-order valence-electron chi connectivity index (χ2n) is 8.85. The van der Waals surface area contributed by atoms with Gasteiger partial charge in [0.2, 0.25) is 0 Å². The summed E-state index contributed by atoms with van der Waals surface area (Å²) in [6.07, 6.45) is 4.33. The molecule has 2 aromatic carbocycles. The van der Waals surface area contributed by atoms with Crippen LogP contribution in [0.25, 0.3) is 11.1 Å². The number of carbonyl (C=O) groups is 3. The van der Waals surface area contributed by atoms with E-state index in [1.807, 2.05) is 24.3 Å². The standard InChI is InChI=1S/C28H30N4O5/c1-37-28(36)32-15-11-24(12-16-32)30-27(35)23-4-2-3-22(17-23)25(18-33)31-26(34)21-7-5-19(6-8-21)20-9-13-29-14-10-20/h2-10,13-14,17,24-25,33H,11-12,15-16,18H2,1H3,(H,30,35)(H,31,34)/t25-/m1/s1. The molecule has 0 spiro atoms. The SMILES string of the molecule is COC(=O)N1CCC(NC(=O)c2cccc([C@@H](CO)NC(=O)c3ccc(-c4ccncc4)cc3)c2)CC1. The van der Waals surface area contributed by atoms with E-state index in [0.29, 0.717) is 42.6 Å². The zero-order valence-electron chi connectivity index (χ0n) is 20.6. The van der Waals surface area contributed by atoms with Crippen molar-refractivity contribution >= 4 is 17.9 Å². The number of methoxy groups -OCH3 is 1. The molecule has 3 N–H and O–H groups in total. The third kappa shape index (κ3) is 6.50. The summed E-state index contributed by atoms with van der Waals surface area (Å²) in [4.78, 5) is 43.0. The second-order valence-corrected chi connectivity index (χ2v) is 8.85. The highest BCUT2D eigenvalue weighted by Gasteiger charge is 2.25. The third-order valence-electron chi connectivity index (χ3n) is 6.46. The molecule has 3 aromatic rings. The van der Waals surface area contributed by atoms with E-state index in [-0.39, 0.29) is 30.6 Å². The maximum Gasteiger partial charge on any atom is 0.409 e. The Bertz CT molecular complexity index is 1220. The molecule has 0 saturated carbocycles. The van der Waals surface area contributed by atoms with Crippen LogP contribution in [-0.2, 0) is 4.74 Å². The zero-order chi connectivity index (χ0) is 26.2. The highest BCUT2D eigenvalue weighted by Crippen LogP contribution is 2.20. The van der Waals surface area contributed by atoms with Gasteiger partial charge in [-0.2, -0.15) is 0 Å². The van der Waals surface area contributed by atoms with Crippen LogP contribution in [0.4, 0.5) is 4.79 Å². The summed E-state index contributed by atoms with van der Waals surface area (Å²) < 4.78 is 4.75. The second kappa shape index (κ2) is 12.1. The molecule has 1 fully saturated rings. The van der Waals surface area contributed by atoms with Crippen molar-refractivity contribution in [3.8, 4) is 11.1 Å². The molecule has 192 valence electrons. The monoisotopic (exact) mass is 502 g/mol. The van der Waals surface area contributed by atoms with Gasteiger partial charge < -0.3 is 25.4 Å². The number of aliphatic hydroxyl groups excluding tert-OH is 1. The number of hydrogen-bond acceptors (Lipinski definition) is 6. The van der Waals surface area contributed by atoms with E-state index in [1.54, 1.807) is 53.7 Å². The Balaban J connectivity index is 1.37. The van der Waals surface area contributed by atoms with E-state index < -0.39 is 6.04 Å². The number of rotatable bonds is 7. The number of nitrogens with zero attached hydrogens (tertiary/aromatic N) is 2. The minimum atomic E-state index is -0.677. The van der Waals surface area contributed by atoms with Gasteiger partial charge in [0.15, 0.2) is 0 Å². The molecule has 1 aliphatic heterocycles. The normalized spacial score (nSPS) is 14.5. The van der Waals surface area contributed by atoms with E-state index in [4.69, 9.17) is 4.74 Å². The molecule has 9 nitrogen and oxygen atoms in total. The lowest BCUT2D eigenvalue weighted by Gasteiger charge is -2.31. The fourth-order valence-electron chi connectivity index (χ4n) is 4.34. The van der Waals surface area contributed by atoms with Crippen LogP contribution in [0, 0.1) is 0 Å². The number of aromatic nitrogens is 1. The Morgan fingerprint density at radius 3 is 2.30 bits per heavy atom. The molecule has 2 heterocycles. The van der Waals surface area contributed by atoms with Crippen molar-refractivity contribution in [2.24, 2.45) is 0 Å². The predicted octanol–water partition coefficient (Wildman–Crippen LogP) is 3.17. The van der Waals surface area contributed by atoms with E-state index >= 15 is 0 Å². The van der Waals surface area contributed by atoms with Gasteiger partial charge in [0.05, 0.1) is 19.8 Å². The lowest BCUT2D eigenvalue weighted by molar-refractivity contribution is 0.0890. The van der Waals surface area contributed by atoms with Gasteiger partial charge in [0, 0.05) is 42.7 Å². The van der Waals surface area contributed by atoms with Crippen molar-refractivity contribution in [3.05, 3.63) is 89.7 Å². The number of benzene rings is 2. The molecule has 4 rings (SSSR count). The van der Waals surface area contributed by atoms with Gasteiger partial charge in [-0.15, -0.1) is 0 Å². The van der Waals surface area contributed by atoms with Gasteiger partial charge in [0.25, 0.3) is 11.8 Å². The van der Waals surface area contributed by atoms with Crippen LogP contribution in [0.2, 0.25) is 0 Å². The molecule has 0 radical (unpaired) electrons. The minimum absolute atomic E-state index is 0.0551. The van der Waals surface area contributed by atoms with E-state index in [9.17, 15) is 19.5 Å². The van der Waals surface area contributed by atoms with Crippen molar-refractivity contribution in [1.82, 2.24) is 20.5 Å². The summed E-state index contributed by atoms with van der Waals surface area (Å²) in [6, 6.07) is 17.1. The molecule has 3 amide bonds. The topological polar surface area (TPSA) is 121 Å². The van der Waals surface area contributed by atoms with Crippen molar-refractivity contribution in [1.29, 1.82) is 0 Å². The van der Waals surface area contributed by atoms with Crippen LogP contribution in [-0.4, -0.2) is 65.7 Å². The maximum absolute atomic E-state index is 12.9. The Morgan fingerprint density at radius 2 is 1.65 bits per heavy atom. The van der Waals surface area contributed by atoms with Crippen molar-refractivity contribution in [2.75, 3.05) is 26.8 Å². The minimum Gasteiger partial charge on any atom is -0.453 e. The van der Waals surface area contributed by atoms with Crippen LogP contribution >= 0.6 is 0 Å². The maximum atomic E-state index is 12.9. The highest BCUT2D eigenvalue weighted by atomic mass is 16.5. The summed E-state index contributed by atoms with van der Waals surface area (Å²) >= 11 is 0. The summed E-state index contributed by atoms with van der Waals surface area (Å²) in [5.41, 5.74) is 3.48. The summed E-state index contributed by atoms with van der Waals surface area (Å²) in [6.45, 7) is 0.706. The van der Waals surface area contributed by atoms with Gasteiger partial charge in [-0.05, 0) is 65.9 Å². The van der Waals surface area contributed by atoms with E-state index in [0.717, 1.165) is 11.1 Å². The molecular formula is C28H30N4O5. The number of aliphatic hydroxyl groups is 1. The van der Waals surface area contributed by atoms with Crippen LogP contribution in [0.15, 0.2) is 73.1 Å². The van der Waals surface area contributed by atoms with E-state index in [1.165, 1.54) is 7.11 Å². The number of piperidine rings is 1. The number of amides is 3. The summed E-state index contributed by atoms with van der Waals surface area (Å²) in [5.74, 6) is -0.569. The number of likely N-dealkylation sites (tertiary alicyclic amines) is 1. The van der Waals surface area contributed by atoms with Gasteiger partial charge >= 0.3 is 6.09 Å². The van der Waals surface area contributed by atoms with Crippen LogP contribution in [0.1, 0.15) is 45.2 Å². The number of carbonyl (C=O) groups excluding carboxylic acids is 3. The smallest absolute Gasteiger partial charge is 0.409 e. The Labute approximate surface area is 215 Å². The van der Waals surface area contributed by atoms with Crippen LogP contribution in [0.5, 0.6) is 0 Å². The molecule has 0 aliphatic carbocycles. The quantitative estimate of drug-likeness (QED) is 0.456. The van der Waals surface area contributed by atoms with E-state index in [2.05, 4.69) is 15.6 Å². The molecule has 0 bridgehead atoms. The molecule has 37 heavy (non-hydrogen) atoms. The molecule has 1 aliphatic rings. The first-order valence-corrected chi connectivity index (χ1v) is 12.1. The number of hydrogen-bond donors (Lipinski definition) is 3. The zero-order valence-corrected chi connectivity index (χ0v) is 20.6. The largest absolute Gasteiger partial charge is 0.453 e. The number of pyridine rings is 1. The molecule has 1 aromatic heterocycles. The molecule has 1 saturated heterocycles. The average Bonchev–Trinajstić information content (AvgIpc) is 2.96. The highest BCUT2D eigenvalue weighted by molar-refractivity contribution is 5.96. The van der Waals surface area contributed by atoms with Crippen molar-refractivity contribution < 1.29 is 24.2 Å². The summed E-state index contributed by atoms with van der Waals surface area (Å²) in [7, 11) is 1.35. The average molecular weight is 503 g/mol. The molecule has 0 unspecified atom stereocenters. The van der Waals surface area contributed by atoms with Gasteiger partial charge in [-0.3, -0.25) is 14.6 Å². The Hall–Kier alpha value is -4.24. The Kier molecular flexibility index (Phi) is 8.48. The number of ether oxygens (including phenoxy) is 1. The molecular weight excluding hydrogens is 472 g/mol. The predicted molar refractivity (Wildman–Crippen MR) is 138 cm³/mol. The van der Waals surface area contributed by atoms with Crippen molar-refractivity contribution in [3.63, 3.8) is 0 Å². The Morgan fingerprint density at radius 1 is 0.973 bits per heavy atom. The first-order valence-electron chi connectivity index (χ1n) is 12.1. The summed E-state index contributed by atoms with van der Waals surface area (Å²) in [5, 5.41) is 15.8. The fourth-order valence-corrected chi connectivity index (χ4v) is 4.34. The van der Waals surface area contributed by atoms with Crippen molar-refractivity contribution in [2.45, 2.75) is 24.9 Å².